The van der Waals surface area contributed by atoms with Gasteiger partial charge in [0.2, 0.25) is 5.91 Å². The van der Waals surface area contributed by atoms with Crippen molar-refractivity contribution in [3.63, 3.8) is 0 Å². The topological polar surface area (TPSA) is 81.8 Å². The van der Waals surface area contributed by atoms with E-state index in [1.54, 1.807) is 0 Å². The van der Waals surface area contributed by atoms with Gasteiger partial charge in [-0.15, -0.1) is 0 Å². The molecule has 1 rings (SSSR count). The van der Waals surface area contributed by atoms with Crippen LogP contribution in [0, 0.1) is 6.92 Å². The van der Waals surface area contributed by atoms with Gasteiger partial charge in [-0.3, -0.25) is 4.79 Å². The molecular weight excluding hydrogens is 294 g/mol. The molecule has 0 saturated carbocycles. The number of carbonyl (C=O) groups is 1. The maximum Gasteiger partial charge on any atom is 0.249 e. The van der Waals surface area contributed by atoms with Gasteiger partial charge in [0.15, 0.2) is 0 Å². The normalized spacial score (nSPS) is 10.1. The van der Waals surface area contributed by atoms with Gasteiger partial charge in [-0.25, -0.2) is 0 Å². The van der Waals surface area contributed by atoms with Gasteiger partial charge in [0, 0.05) is 12.2 Å². The summed E-state index contributed by atoms with van der Waals surface area (Å²) in [6.45, 7) is 10.4. The maximum atomic E-state index is 11.3. The van der Waals surface area contributed by atoms with Crippen molar-refractivity contribution in [2.45, 2.75) is 40.5 Å². The molecule has 0 aromatic heterocycles. The molecule has 1 aromatic rings. The van der Waals surface area contributed by atoms with Gasteiger partial charge in [0.05, 0.1) is 26.4 Å². The zero-order chi connectivity index (χ0) is 17.7. The molecule has 0 aliphatic rings. The Morgan fingerprint density at radius 1 is 1.09 bits per heavy atom. The fourth-order valence-electron chi connectivity index (χ4n) is 2.32. The summed E-state index contributed by atoms with van der Waals surface area (Å²) in [6, 6.07) is 4.05. The van der Waals surface area contributed by atoms with Crippen LogP contribution in [0.2, 0.25) is 0 Å². The Kier molecular flexibility index (Phi) is 12.2. The van der Waals surface area contributed by atoms with Crippen LogP contribution >= 0.6 is 0 Å². The number of amides is 1. The third kappa shape index (κ3) is 8.11. The van der Waals surface area contributed by atoms with Crippen LogP contribution in [0.15, 0.2) is 12.1 Å². The minimum absolute atomic E-state index is 0.0894. The summed E-state index contributed by atoms with van der Waals surface area (Å²) in [5, 5.41) is 8.26. The number of aliphatic hydroxyl groups excluding tert-OH is 1. The van der Waals surface area contributed by atoms with E-state index in [0.29, 0.717) is 25.4 Å². The molecule has 0 spiro atoms. The smallest absolute Gasteiger partial charge is 0.249 e. The Hall–Kier alpha value is -1.43. The van der Waals surface area contributed by atoms with Gasteiger partial charge < -0.3 is 20.3 Å². The van der Waals surface area contributed by atoms with E-state index in [0.717, 1.165) is 30.6 Å². The Labute approximate surface area is 139 Å². The lowest BCUT2D eigenvalue weighted by molar-refractivity contribution is 0.0370. The summed E-state index contributed by atoms with van der Waals surface area (Å²) < 4.78 is 9.88. The van der Waals surface area contributed by atoms with Gasteiger partial charge in [0.25, 0.3) is 0 Å². The van der Waals surface area contributed by atoms with E-state index >= 15 is 0 Å². The van der Waals surface area contributed by atoms with Gasteiger partial charge in [-0.2, -0.15) is 0 Å². The Morgan fingerprint density at radius 2 is 1.74 bits per heavy atom. The molecule has 0 aliphatic heterocycles. The average Bonchev–Trinajstić information content (AvgIpc) is 2.54. The van der Waals surface area contributed by atoms with Crippen molar-refractivity contribution in [3.8, 4) is 0 Å². The number of benzene rings is 1. The van der Waals surface area contributed by atoms with E-state index in [1.807, 2.05) is 19.9 Å². The van der Waals surface area contributed by atoms with Crippen molar-refractivity contribution < 1.29 is 19.4 Å². The number of hydrogen-bond acceptors (Lipinski definition) is 4. The van der Waals surface area contributed by atoms with Crippen LogP contribution in [-0.4, -0.2) is 44.0 Å². The molecule has 5 heteroatoms. The molecule has 0 radical (unpaired) electrons. The van der Waals surface area contributed by atoms with E-state index < -0.39 is 0 Å². The fourth-order valence-corrected chi connectivity index (χ4v) is 2.32. The molecule has 23 heavy (non-hydrogen) atoms. The summed E-state index contributed by atoms with van der Waals surface area (Å²) in [7, 11) is 0. The van der Waals surface area contributed by atoms with Crippen LogP contribution in [-0.2, 0) is 22.3 Å². The van der Waals surface area contributed by atoms with Crippen LogP contribution in [0.5, 0.6) is 0 Å². The zero-order valence-corrected chi connectivity index (χ0v) is 14.9. The van der Waals surface area contributed by atoms with Crippen LogP contribution in [0.25, 0.3) is 0 Å². The number of rotatable bonds is 9. The predicted molar refractivity (Wildman–Crippen MR) is 92.9 cm³/mol. The Bertz CT molecular complexity index is 455. The van der Waals surface area contributed by atoms with E-state index in [-0.39, 0.29) is 12.5 Å². The van der Waals surface area contributed by atoms with Crippen molar-refractivity contribution in [1.29, 1.82) is 0 Å². The highest BCUT2D eigenvalue weighted by atomic mass is 16.5. The fraction of sp³-hybridized carbons (Fsp3) is 0.611. The summed E-state index contributed by atoms with van der Waals surface area (Å²) in [5.74, 6) is -0.311. The molecule has 0 heterocycles. The third-order valence-corrected chi connectivity index (χ3v) is 3.41. The number of primary amides is 1. The molecule has 3 N–H and O–H groups in total. The highest BCUT2D eigenvalue weighted by Gasteiger charge is 2.12. The molecule has 132 valence electrons. The minimum atomic E-state index is -0.311. The second-order valence-corrected chi connectivity index (χ2v) is 5.00. The Balaban J connectivity index is 0.000000468. The van der Waals surface area contributed by atoms with E-state index in [1.165, 1.54) is 5.56 Å². The first-order valence-corrected chi connectivity index (χ1v) is 8.20. The molecule has 5 nitrogen and oxygen atoms in total. The van der Waals surface area contributed by atoms with Crippen LogP contribution in [0.4, 0.5) is 0 Å². The molecule has 0 bridgehead atoms. The van der Waals surface area contributed by atoms with Gasteiger partial charge in [0.1, 0.15) is 0 Å². The van der Waals surface area contributed by atoms with Gasteiger partial charge >= 0.3 is 0 Å². The maximum absolute atomic E-state index is 11.3. The van der Waals surface area contributed by atoms with Crippen molar-refractivity contribution in [2.75, 3.05) is 33.0 Å². The second kappa shape index (κ2) is 13.0. The van der Waals surface area contributed by atoms with E-state index in [9.17, 15) is 4.79 Å². The van der Waals surface area contributed by atoms with Crippen molar-refractivity contribution in [1.82, 2.24) is 0 Å². The average molecular weight is 325 g/mol. The second-order valence-electron chi connectivity index (χ2n) is 5.00. The molecular formula is C18H31NO4. The zero-order valence-electron chi connectivity index (χ0n) is 14.9. The number of aryl methyl sites for hydroxylation is 2. The number of aliphatic hydroxyl groups is 1. The molecule has 0 unspecified atom stereocenters. The first-order valence-electron chi connectivity index (χ1n) is 8.20. The Morgan fingerprint density at radius 3 is 2.22 bits per heavy atom. The molecule has 0 saturated heterocycles. The SMILES string of the molecule is CCOCCOCCO.CCc1ccc(C)c(C(N)=O)c1CC. The summed E-state index contributed by atoms with van der Waals surface area (Å²) >= 11 is 0. The molecule has 0 aliphatic carbocycles. The van der Waals surface area contributed by atoms with Crippen LogP contribution < -0.4 is 5.73 Å². The number of hydrogen-bond donors (Lipinski definition) is 2. The van der Waals surface area contributed by atoms with Crippen molar-refractivity contribution in [3.05, 3.63) is 34.4 Å². The van der Waals surface area contributed by atoms with Crippen molar-refractivity contribution >= 4 is 5.91 Å². The van der Waals surface area contributed by atoms with Gasteiger partial charge in [-0.05, 0) is 43.4 Å². The van der Waals surface area contributed by atoms with Crippen molar-refractivity contribution in [2.24, 2.45) is 5.73 Å². The first-order chi connectivity index (χ1) is 11.0. The first kappa shape index (κ1) is 21.6. The highest BCUT2D eigenvalue weighted by molar-refractivity contribution is 5.96. The summed E-state index contributed by atoms with van der Waals surface area (Å²) in [6.07, 6.45) is 1.81. The summed E-state index contributed by atoms with van der Waals surface area (Å²) in [4.78, 5) is 11.3. The van der Waals surface area contributed by atoms with Gasteiger partial charge in [-0.1, -0.05) is 26.0 Å². The monoisotopic (exact) mass is 325 g/mol. The van der Waals surface area contributed by atoms with E-state index in [2.05, 4.69) is 19.9 Å². The lowest BCUT2D eigenvalue weighted by Gasteiger charge is -2.12. The van der Waals surface area contributed by atoms with Crippen LogP contribution in [0.3, 0.4) is 0 Å². The van der Waals surface area contributed by atoms with E-state index in [4.69, 9.17) is 20.3 Å². The number of nitrogens with two attached hydrogens (primary N) is 1. The standard InChI is InChI=1S/C12H17NO.C6H14O3/c1-4-9-7-6-8(3)11(12(13)14)10(9)5-2;1-2-8-5-6-9-4-3-7/h6-7H,4-5H2,1-3H3,(H2,13,14);7H,2-6H2,1H3. The third-order valence-electron chi connectivity index (χ3n) is 3.41. The predicted octanol–water partition coefficient (Wildman–Crippen LogP) is 2.25. The minimum Gasteiger partial charge on any atom is -0.394 e. The lowest BCUT2D eigenvalue weighted by atomic mass is 9.93. The molecule has 1 aromatic carbocycles. The van der Waals surface area contributed by atoms with Crippen LogP contribution in [0.1, 0.15) is 47.8 Å². The number of ether oxygens (including phenoxy) is 2. The highest BCUT2D eigenvalue weighted by Crippen LogP contribution is 2.19. The molecule has 0 fully saturated rings. The lowest BCUT2D eigenvalue weighted by Crippen LogP contribution is -2.16. The summed E-state index contributed by atoms with van der Waals surface area (Å²) in [5.41, 5.74) is 9.41. The quantitative estimate of drug-likeness (QED) is 0.682. The molecule has 0 atom stereocenters. The largest absolute Gasteiger partial charge is 0.394 e. The molecule has 1 amide bonds. The number of carbonyl (C=O) groups excluding carboxylic acids is 1.